The molecular weight excluding hydrogens is 238 g/mol. The third-order valence-corrected chi connectivity index (χ3v) is 3.63. The summed E-state index contributed by atoms with van der Waals surface area (Å²) in [6.45, 7) is 4.23. The van der Waals surface area contributed by atoms with Gasteiger partial charge in [-0.25, -0.2) is 0 Å². The molecular formula is C12H17NO3S. The summed E-state index contributed by atoms with van der Waals surface area (Å²) in [7, 11) is 0. The summed E-state index contributed by atoms with van der Waals surface area (Å²) in [4.78, 5) is 23.2. The molecule has 1 unspecified atom stereocenters. The third kappa shape index (κ3) is 4.56. The maximum absolute atomic E-state index is 11.5. The first kappa shape index (κ1) is 13.7. The molecule has 1 aromatic rings. The quantitative estimate of drug-likeness (QED) is 0.815. The van der Waals surface area contributed by atoms with Crippen molar-refractivity contribution >= 4 is 23.2 Å². The van der Waals surface area contributed by atoms with Crippen LogP contribution >= 0.6 is 11.3 Å². The molecule has 0 aromatic carbocycles. The normalized spacial score (nSPS) is 12.1. The molecule has 0 saturated heterocycles. The van der Waals surface area contributed by atoms with Crippen LogP contribution in [-0.4, -0.2) is 23.5 Å². The summed E-state index contributed by atoms with van der Waals surface area (Å²) in [5, 5.41) is 13.4. The Balaban J connectivity index is 2.29. The van der Waals surface area contributed by atoms with E-state index < -0.39 is 11.9 Å². The number of carboxylic acid groups (broad SMARTS) is 1. The van der Waals surface area contributed by atoms with Crippen LogP contribution in [0, 0.1) is 12.8 Å². The minimum absolute atomic E-state index is 0.121. The number of hydrogen-bond donors (Lipinski definition) is 2. The van der Waals surface area contributed by atoms with Gasteiger partial charge in [0.1, 0.15) is 0 Å². The summed E-state index contributed by atoms with van der Waals surface area (Å²) >= 11 is 1.67. The Morgan fingerprint density at radius 1 is 1.53 bits per heavy atom. The first-order valence-electron chi connectivity index (χ1n) is 5.53. The summed E-state index contributed by atoms with van der Waals surface area (Å²) in [6.07, 6.45) is 0.679. The molecule has 17 heavy (non-hydrogen) atoms. The highest BCUT2D eigenvalue weighted by molar-refractivity contribution is 7.10. The van der Waals surface area contributed by atoms with Gasteiger partial charge in [0.2, 0.25) is 5.91 Å². The number of amides is 1. The number of carboxylic acids is 1. The van der Waals surface area contributed by atoms with Gasteiger partial charge in [-0.05, 0) is 30.4 Å². The second-order valence-electron chi connectivity index (χ2n) is 4.07. The fraction of sp³-hybridized carbons (Fsp3) is 0.500. The van der Waals surface area contributed by atoms with Crippen LogP contribution in [0.4, 0.5) is 0 Å². The van der Waals surface area contributed by atoms with E-state index in [4.69, 9.17) is 5.11 Å². The van der Waals surface area contributed by atoms with Gasteiger partial charge in [0.15, 0.2) is 0 Å². The number of thiophene rings is 1. The number of carbonyl (C=O) groups excluding carboxylic acids is 1. The monoisotopic (exact) mass is 255 g/mol. The molecule has 1 amide bonds. The van der Waals surface area contributed by atoms with Gasteiger partial charge in [-0.3, -0.25) is 9.59 Å². The van der Waals surface area contributed by atoms with Crippen molar-refractivity contribution in [1.82, 2.24) is 5.32 Å². The van der Waals surface area contributed by atoms with Gasteiger partial charge < -0.3 is 10.4 Å². The van der Waals surface area contributed by atoms with Crippen molar-refractivity contribution in [2.45, 2.75) is 26.7 Å². The maximum atomic E-state index is 11.5. The Morgan fingerprint density at radius 2 is 2.24 bits per heavy atom. The average Bonchev–Trinajstić information content (AvgIpc) is 2.63. The minimum Gasteiger partial charge on any atom is -0.481 e. The van der Waals surface area contributed by atoms with E-state index in [9.17, 15) is 9.59 Å². The van der Waals surface area contributed by atoms with Crippen molar-refractivity contribution in [2.24, 2.45) is 5.92 Å². The van der Waals surface area contributed by atoms with Gasteiger partial charge in [-0.1, -0.05) is 6.92 Å². The molecule has 0 aliphatic rings. The molecule has 94 valence electrons. The van der Waals surface area contributed by atoms with Gasteiger partial charge >= 0.3 is 5.97 Å². The lowest BCUT2D eigenvalue weighted by Gasteiger charge is -2.09. The van der Waals surface area contributed by atoms with Crippen molar-refractivity contribution < 1.29 is 14.7 Å². The zero-order valence-corrected chi connectivity index (χ0v) is 10.8. The molecule has 0 fully saturated rings. The lowest BCUT2D eigenvalue weighted by molar-refractivity contribution is -0.140. The molecule has 0 aliphatic heterocycles. The van der Waals surface area contributed by atoms with Gasteiger partial charge in [-0.15, -0.1) is 11.3 Å². The molecule has 5 heteroatoms. The van der Waals surface area contributed by atoms with E-state index in [2.05, 4.69) is 11.4 Å². The van der Waals surface area contributed by atoms with Gasteiger partial charge in [0.25, 0.3) is 0 Å². The van der Waals surface area contributed by atoms with Crippen LogP contribution in [0.5, 0.6) is 0 Å². The Morgan fingerprint density at radius 3 is 2.76 bits per heavy atom. The predicted molar refractivity (Wildman–Crippen MR) is 67.2 cm³/mol. The van der Waals surface area contributed by atoms with Crippen LogP contribution in [0.3, 0.4) is 0 Å². The van der Waals surface area contributed by atoms with Crippen LogP contribution in [0.1, 0.15) is 23.8 Å². The molecule has 0 saturated carbocycles. The van der Waals surface area contributed by atoms with E-state index in [1.165, 1.54) is 10.4 Å². The van der Waals surface area contributed by atoms with Crippen LogP contribution in [-0.2, 0) is 16.0 Å². The average molecular weight is 255 g/mol. The second kappa shape index (κ2) is 6.39. The zero-order valence-electron chi connectivity index (χ0n) is 10.0. The molecule has 0 spiro atoms. The van der Waals surface area contributed by atoms with Crippen molar-refractivity contribution in [3.63, 3.8) is 0 Å². The number of aryl methyl sites for hydroxylation is 1. The molecule has 1 atom stereocenters. The van der Waals surface area contributed by atoms with Crippen molar-refractivity contribution in [3.8, 4) is 0 Å². The number of rotatable bonds is 6. The van der Waals surface area contributed by atoms with E-state index in [1.807, 2.05) is 12.3 Å². The van der Waals surface area contributed by atoms with Gasteiger partial charge in [0.05, 0.1) is 6.42 Å². The summed E-state index contributed by atoms with van der Waals surface area (Å²) in [6, 6.07) is 2.05. The first-order chi connectivity index (χ1) is 8.00. The van der Waals surface area contributed by atoms with Crippen LogP contribution in [0.25, 0.3) is 0 Å². The fourth-order valence-corrected chi connectivity index (χ4v) is 2.40. The van der Waals surface area contributed by atoms with E-state index in [0.717, 1.165) is 6.42 Å². The zero-order chi connectivity index (χ0) is 12.8. The van der Waals surface area contributed by atoms with Crippen LogP contribution < -0.4 is 5.32 Å². The van der Waals surface area contributed by atoms with Crippen LogP contribution in [0.15, 0.2) is 11.4 Å². The highest BCUT2D eigenvalue weighted by atomic mass is 32.1. The van der Waals surface area contributed by atoms with Crippen molar-refractivity contribution in [2.75, 3.05) is 6.54 Å². The standard InChI is InChI=1S/C12H17NO3S/c1-8-4-6-17-10(8)3-5-13-12(16)9(2)7-11(14)15/h4,6,9H,3,5,7H2,1-2H3,(H,13,16)(H,14,15). The smallest absolute Gasteiger partial charge is 0.304 e. The number of nitrogens with one attached hydrogen (secondary N) is 1. The Bertz CT molecular complexity index is 400. The molecule has 0 aliphatic carbocycles. The molecule has 1 rings (SSSR count). The van der Waals surface area contributed by atoms with E-state index in [0.29, 0.717) is 6.54 Å². The molecule has 4 nitrogen and oxygen atoms in total. The highest BCUT2D eigenvalue weighted by Crippen LogP contribution is 2.15. The largest absolute Gasteiger partial charge is 0.481 e. The summed E-state index contributed by atoms with van der Waals surface area (Å²) in [5.74, 6) is -1.61. The SMILES string of the molecule is Cc1ccsc1CCNC(=O)C(C)CC(=O)O. The molecule has 1 heterocycles. The first-order valence-corrected chi connectivity index (χ1v) is 6.41. The molecule has 1 aromatic heterocycles. The van der Waals surface area contributed by atoms with E-state index in [-0.39, 0.29) is 12.3 Å². The van der Waals surface area contributed by atoms with Crippen molar-refractivity contribution in [1.29, 1.82) is 0 Å². The fourth-order valence-electron chi connectivity index (χ4n) is 1.49. The molecule has 2 N–H and O–H groups in total. The third-order valence-electron chi connectivity index (χ3n) is 2.55. The van der Waals surface area contributed by atoms with E-state index in [1.54, 1.807) is 18.3 Å². The second-order valence-corrected chi connectivity index (χ2v) is 5.07. The number of hydrogen-bond acceptors (Lipinski definition) is 3. The molecule has 0 bridgehead atoms. The topological polar surface area (TPSA) is 66.4 Å². The van der Waals surface area contributed by atoms with E-state index >= 15 is 0 Å². The van der Waals surface area contributed by atoms with Crippen molar-refractivity contribution in [3.05, 3.63) is 21.9 Å². The number of carbonyl (C=O) groups is 2. The summed E-state index contributed by atoms with van der Waals surface area (Å²) < 4.78 is 0. The Kier molecular flexibility index (Phi) is 5.15. The minimum atomic E-state index is -0.943. The lowest BCUT2D eigenvalue weighted by Crippen LogP contribution is -2.31. The highest BCUT2D eigenvalue weighted by Gasteiger charge is 2.15. The van der Waals surface area contributed by atoms with Gasteiger partial charge in [-0.2, -0.15) is 0 Å². The molecule has 0 radical (unpaired) electrons. The lowest BCUT2D eigenvalue weighted by atomic mass is 10.1. The summed E-state index contributed by atoms with van der Waals surface area (Å²) in [5.41, 5.74) is 1.24. The Hall–Kier alpha value is -1.36. The van der Waals surface area contributed by atoms with Crippen LogP contribution in [0.2, 0.25) is 0 Å². The maximum Gasteiger partial charge on any atom is 0.304 e. The predicted octanol–water partition coefficient (Wildman–Crippen LogP) is 1.83. The van der Waals surface area contributed by atoms with Gasteiger partial charge in [0, 0.05) is 17.3 Å². The number of aliphatic carboxylic acids is 1. The Labute approximate surface area is 105 Å².